The Morgan fingerprint density at radius 3 is 2.97 bits per heavy atom. The van der Waals surface area contributed by atoms with Crippen LogP contribution in [0.1, 0.15) is 30.4 Å². The summed E-state index contributed by atoms with van der Waals surface area (Å²) in [4.78, 5) is 24.9. The van der Waals surface area contributed by atoms with Gasteiger partial charge in [-0.15, -0.1) is 6.58 Å². The molecule has 1 unspecified atom stereocenters. The normalized spacial score (nSPS) is 36.7. The predicted octanol–water partition coefficient (Wildman–Crippen LogP) is 1.72. The molecule has 2 heterocycles. The van der Waals surface area contributed by atoms with Crippen LogP contribution < -0.4 is 9.26 Å². The van der Waals surface area contributed by atoms with E-state index in [1.807, 2.05) is 12.1 Å². The lowest BCUT2D eigenvalue weighted by Gasteiger charge is -2.62. The van der Waals surface area contributed by atoms with Crippen LogP contribution in [-0.2, 0) is 25.7 Å². The topological polar surface area (TPSA) is 106 Å². The van der Waals surface area contributed by atoms with E-state index in [1.54, 1.807) is 6.07 Å². The zero-order chi connectivity index (χ0) is 20.6. The summed E-state index contributed by atoms with van der Waals surface area (Å²) in [6, 6.07) is 3.26. The third-order valence-electron chi connectivity index (χ3n) is 7.16. The van der Waals surface area contributed by atoms with Crippen molar-refractivity contribution >= 4 is 13.6 Å². The highest BCUT2D eigenvalue weighted by molar-refractivity contribution is 7.47. The fourth-order valence-corrected chi connectivity index (χ4v) is 6.49. The number of phosphoric acid groups is 1. The van der Waals surface area contributed by atoms with Crippen LogP contribution in [0.15, 0.2) is 24.8 Å². The van der Waals surface area contributed by atoms with Gasteiger partial charge in [0.05, 0.1) is 11.0 Å². The maximum absolute atomic E-state index is 12.9. The molecule has 0 aromatic heterocycles. The average Bonchev–Trinajstić information content (AvgIpc) is 3.04. The second-order valence-electron chi connectivity index (χ2n) is 8.28. The van der Waals surface area contributed by atoms with Crippen molar-refractivity contribution in [3.63, 3.8) is 0 Å². The van der Waals surface area contributed by atoms with Crippen molar-refractivity contribution < 1.29 is 33.1 Å². The monoisotopic (exact) mass is 421 g/mol. The highest BCUT2D eigenvalue weighted by atomic mass is 31.2. The molecule has 0 radical (unpaired) electrons. The number of hydrogen-bond donors (Lipinski definition) is 2. The number of carbonyl (C=O) groups is 1. The zero-order valence-electron chi connectivity index (χ0n) is 16.2. The Labute approximate surface area is 168 Å². The minimum absolute atomic E-state index is 0.0560. The summed E-state index contributed by atoms with van der Waals surface area (Å²) in [7, 11) is -3.22. The molecule has 29 heavy (non-hydrogen) atoms. The van der Waals surface area contributed by atoms with Gasteiger partial charge in [-0.25, -0.2) is 4.57 Å². The quantitative estimate of drug-likeness (QED) is 0.547. The summed E-state index contributed by atoms with van der Waals surface area (Å²) in [5, 5.41) is 12.0. The van der Waals surface area contributed by atoms with E-state index in [0.29, 0.717) is 32.4 Å². The zero-order valence-corrected chi connectivity index (χ0v) is 17.1. The van der Waals surface area contributed by atoms with Crippen LogP contribution in [0.2, 0.25) is 0 Å². The molecule has 0 amide bonds. The number of benzene rings is 1. The molecule has 8 nitrogen and oxygen atoms in total. The number of ether oxygens (including phenoxy) is 1. The minimum Gasteiger partial charge on any atom is -0.477 e. The Hall–Kier alpha value is -1.70. The van der Waals surface area contributed by atoms with Gasteiger partial charge in [-0.05, 0) is 30.9 Å². The van der Waals surface area contributed by atoms with Gasteiger partial charge in [-0.2, -0.15) is 0 Å². The van der Waals surface area contributed by atoms with Gasteiger partial charge in [0.1, 0.15) is 0 Å². The number of nitrogens with zero attached hydrogens (tertiary/aromatic N) is 1. The number of piperidine rings is 1. The molecule has 2 aliphatic heterocycles. The summed E-state index contributed by atoms with van der Waals surface area (Å²) in [6.45, 7) is 5.20. The van der Waals surface area contributed by atoms with Gasteiger partial charge < -0.3 is 14.4 Å². The van der Waals surface area contributed by atoms with E-state index < -0.39 is 24.9 Å². The van der Waals surface area contributed by atoms with E-state index in [-0.39, 0.29) is 29.7 Å². The second-order valence-corrected chi connectivity index (χ2v) is 9.77. The third-order valence-corrected chi connectivity index (χ3v) is 8.05. The molecule has 2 aliphatic carbocycles. The highest BCUT2D eigenvalue weighted by Crippen LogP contribution is 2.65. The molecule has 9 heteroatoms. The molecule has 1 saturated carbocycles. The lowest BCUT2D eigenvalue weighted by molar-refractivity contribution is -0.187. The van der Waals surface area contributed by atoms with Crippen molar-refractivity contribution in [1.29, 1.82) is 0 Å². The molecular formula is C20H24NO7P. The van der Waals surface area contributed by atoms with Crippen LogP contribution in [0, 0.1) is 0 Å². The Balaban J connectivity index is 1.72. The molecule has 156 valence electrons. The van der Waals surface area contributed by atoms with E-state index >= 15 is 0 Å². The molecule has 5 atom stereocenters. The first kappa shape index (κ1) is 19.3. The molecule has 2 fully saturated rings. The van der Waals surface area contributed by atoms with Gasteiger partial charge in [0, 0.05) is 38.2 Å². The summed E-state index contributed by atoms with van der Waals surface area (Å²) >= 11 is 0. The number of carbonyl (C=O) groups excluding carboxylic acids is 1. The minimum atomic E-state index is -4.31. The number of Topliss-reactive ketones (excluding diaryl/α,β-unsaturated/α-hetero) is 1. The first-order valence-corrected chi connectivity index (χ1v) is 11.3. The average molecular weight is 421 g/mol. The number of aliphatic hydroxyl groups is 1. The predicted molar refractivity (Wildman–Crippen MR) is 103 cm³/mol. The first-order chi connectivity index (χ1) is 13.8. The van der Waals surface area contributed by atoms with Gasteiger partial charge in [-0.1, -0.05) is 12.1 Å². The van der Waals surface area contributed by atoms with Gasteiger partial charge in [-0.3, -0.25) is 19.1 Å². The molecular weight excluding hydrogens is 397 g/mol. The van der Waals surface area contributed by atoms with E-state index in [4.69, 9.17) is 9.26 Å². The van der Waals surface area contributed by atoms with Crippen molar-refractivity contribution in [2.24, 2.45) is 0 Å². The van der Waals surface area contributed by atoms with Gasteiger partial charge in [0.25, 0.3) is 0 Å². The van der Waals surface area contributed by atoms with Crippen molar-refractivity contribution in [3.8, 4) is 11.5 Å². The number of phosphoric ester groups is 1. The Kier molecular flexibility index (Phi) is 4.09. The molecule has 4 aliphatic rings. The number of ketones is 1. The molecule has 1 spiro atoms. The number of likely N-dealkylation sites (tertiary alicyclic amines) is 1. The van der Waals surface area contributed by atoms with Crippen LogP contribution in [0.3, 0.4) is 0 Å². The Morgan fingerprint density at radius 1 is 1.45 bits per heavy atom. The second kappa shape index (κ2) is 6.15. The molecule has 1 aromatic rings. The molecule has 1 aromatic carbocycles. The van der Waals surface area contributed by atoms with Crippen molar-refractivity contribution in [3.05, 3.63) is 35.9 Å². The maximum atomic E-state index is 12.9. The molecule has 5 rings (SSSR count). The van der Waals surface area contributed by atoms with E-state index in [1.165, 1.54) is 0 Å². The molecule has 2 N–H and O–H groups in total. The SMILES string of the molecule is C=CCN1CC[C@]23c4c5ccc(OP(=O)(O)OC)c4O[C@H]2C(=O)CC[C@@]3(O)[C@H]1C5. The summed E-state index contributed by atoms with van der Waals surface area (Å²) in [5.74, 6) is 0.282. The van der Waals surface area contributed by atoms with Crippen molar-refractivity contribution in [2.45, 2.75) is 48.8 Å². The van der Waals surface area contributed by atoms with Crippen molar-refractivity contribution in [2.75, 3.05) is 20.2 Å². The van der Waals surface area contributed by atoms with Gasteiger partial charge in [0.15, 0.2) is 23.4 Å². The van der Waals surface area contributed by atoms with Crippen LogP contribution >= 0.6 is 7.82 Å². The highest BCUT2D eigenvalue weighted by Gasteiger charge is 2.73. The number of hydrogen-bond acceptors (Lipinski definition) is 7. The Bertz CT molecular complexity index is 964. The van der Waals surface area contributed by atoms with Crippen molar-refractivity contribution in [1.82, 2.24) is 4.90 Å². The molecule has 1 saturated heterocycles. The first-order valence-electron chi connectivity index (χ1n) is 9.78. The fourth-order valence-electron chi connectivity index (χ4n) is 6.02. The summed E-state index contributed by atoms with van der Waals surface area (Å²) < 4.78 is 27.9. The summed E-state index contributed by atoms with van der Waals surface area (Å²) in [5.41, 5.74) is -0.285. The van der Waals surface area contributed by atoms with Gasteiger partial charge >= 0.3 is 7.82 Å². The van der Waals surface area contributed by atoms with Crippen LogP contribution in [0.4, 0.5) is 0 Å². The third kappa shape index (κ3) is 2.35. The largest absolute Gasteiger partial charge is 0.527 e. The van der Waals surface area contributed by atoms with Crippen LogP contribution in [0.25, 0.3) is 0 Å². The van der Waals surface area contributed by atoms with E-state index in [9.17, 15) is 19.4 Å². The van der Waals surface area contributed by atoms with Gasteiger partial charge in [0.2, 0.25) is 0 Å². The smallest absolute Gasteiger partial charge is 0.477 e. The number of rotatable bonds is 5. The lowest BCUT2D eigenvalue weighted by Crippen LogP contribution is -2.76. The summed E-state index contributed by atoms with van der Waals surface area (Å²) in [6.07, 6.45) is 2.75. The van der Waals surface area contributed by atoms with E-state index in [0.717, 1.165) is 18.2 Å². The lowest BCUT2D eigenvalue weighted by atomic mass is 9.49. The van der Waals surface area contributed by atoms with E-state index in [2.05, 4.69) is 16.0 Å². The van der Waals surface area contributed by atoms with Crippen LogP contribution in [0.5, 0.6) is 11.5 Å². The standard InChI is InChI=1S/C20H24NO7P/c1-3-9-21-10-8-19-16-12-4-5-14(28-29(24,25)26-2)17(16)27-18(19)13(22)6-7-20(19,23)15(21)11-12/h3-5,15,18,23H,1,6-11H2,2H3,(H,24,25)/t15-,18+,19+,20-/m1/s1. The Morgan fingerprint density at radius 2 is 2.24 bits per heavy atom. The molecule has 2 bridgehead atoms. The maximum Gasteiger partial charge on any atom is 0.527 e. The fraction of sp³-hybridized carbons (Fsp3) is 0.550. The van der Waals surface area contributed by atoms with Crippen LogP contribution in [-0.4, -0.2) is 58.6 Å².